The summed E-state index contributed by atoms with van der Waals surface area (Å²) in [4.78, 5) is 2.25. The van der Waals surface area contributed by atoms with Gasteiger partial charge >= 0.3 is 0 Å². The highest BCUT2D eigenvalue weighted by molar-refractivity contribution is 5.48. The molecule has 1 N–H and O–H groups in total. The molecule has 0 aliphatic carbocycles. The zero-order valence-corrected chi connectivity index (χ0v) is 10.9. The van der Waals surface area contributed by atoms with Crippen molar-refractivity contribution in [1.82, 2.24) is 10.2 Å². The van der Waals surface area contributed by atoms with Crippen LogP contribution in [0.1, 0.15) is 37.3 Å². The summed E-state index contributed by atoms with van der Waals surface area (Å²) in [5.74, 6) is 0.975. The monoisotopic (exact) mass is 235 g/mol. The molecule has 0 amide bonds. The summed E-state index contributed by atoms with van der Waals surface area (Å²) in [6.45, 7) is 7.87. The van der Waals surface area contributed by atoms with Crippen LogP contribution in [-0.2, 0) is 0 Å². The smallest absolute Gasteiger partial charge is 0.154 e. The minimum absolute atomic E-state index is 0.528. The summed E-state index contributed by atoms with van der Waals surface area (Å²) in [7, 11) is 0. The molecular formula is C13H21N3O. The molecule has 4 nitrogen and oxygen atoms in total. The van der Waals surface area contributed by atoms with Crippen molar-refractivity contribution in [2.45, 2.75) is 45.6 Å². The van der Waals surface area contributed by atoms with Crippen LogP contribution in [0.5, 0.6) is 0 Å². The van der Waals surface area contributed by atoms with E-state index in [-0.39, 0.29) is 0 Å². The van der Waals surface area contributed by atoms with Gasteiger partial charge in [0, 0.05) is 13.1 Å². The predicted molar refractivity (Wildman–Crippen MR) is 68.2 cm³/mol. The minimum atomic E-state index is -0.528. The summed E-state index contributed by atoms with van der Waals surface area (Å²) in [6, 6.07) is 0. The van der Waals surface area contributed by atoms with Crippen LogP contribution in [0, 0.1) is 13.8 Å². The Balaban J connectivity index is 2.20. The van der Waals surface area contributed by atoms with Crippen molar-refractivity contribution in [1.29, 1.82) is 0 Å². The number of aromatic nitrogens is 2. The summed E-state index contributed by atoms with van der Waals surface area (Å²) in [5.41, 5.74) is 1.84. The van der Waals surface area contributed by atoms with Crippen LogP contribution in [0.2, 0.25) is 0 Å². The number of aliphatic hydroxyl groups is 1. The highest BCUT2D eigenvalue weighted by atomic mass is 16.3. The van der Waals surface area contributed by atoms with Crippen LogP contribution in [0.15, 0.2) is 6.20 Å². The average Bonchev–Trinajstić information content (AvgIpc) is 2.44. The first kappa shape index (κ1) is 12.3. The molecule has 2 heterocycles. The molecule has 0 spiro atoms. The molecule has 0 radical (unpaired) electrons. The van der Waals surface area contributed by atoms with Crippen LogP contribution >= 0.6 is 0 Å². The summed E-state index contributed by atoms with van der Waals surface area (Å²) in [6.07, 6.45) is 4.46. The molecular weight excluding hydrogens is 214 g/mol. The standard InChI is InChI=1S/C13H21N3O/c1-10-9-14-15-12(11(10)2)16-7-4-5-13(3,17)6-8-16/h9,17H,4-8H2,1-3H3. The Morgan fingerprint density at radius 1 is 1.29 bits per heavy atom. The molecule has 1 aliphatic rings. The quantitative estimate of drug-likeness (QED) is 0.807. The van der Waals surface area contributed by atoms with E-state index >= 15 is 0 Å². The van der Waals surface area contributed by atoms with Gasteiger partial charge in [0.2, 0.25) is 0 Å². The van der Waals surface area contributed by atoms with Crippen LogP contribution in [0.4, 0.5) is 5.82 Å². The van der Waals surface area contributed by atoms with Gasteiger partial charge in [-0.3, -0.25) is 0 Å². The zero-order valence-electron chi connectivity index (χ0n) is 10.9. The van der Waals surface area contributed by atoms with E-state index in [1.807, 2.05) is 6.92 Å². The van der Waals surface area contributed by atoms with E-state index in [4.69, 9.17) is 0 Å². The highest BCUT2D eigenvalue weighted by Crippen LogP contribution is 2.26. The van der Waals surface area contributed by atoms with Crippen molar-refractivity contribution in [2.75, 3.05) is 18.0 Å². The third-order valence-corrected chi connectivity index (χ3v) is 3.69. The van der Waals surface area contributed by atoms with E-state index in [1.165, 1.54) is 11.1 Å². The third-order valence-electron chi connectivity index (χ3n) is 3.69. The Morgan fingerprint density at radius 2 is 2.06 bits per heavy atom. The van der Waals surface area contributed by atoms with Gasteiger partial charge in [0.05, 0.1) is 11.8 Å². The lowest BCUT2D eigenvalue weighted by Crippen LogP contribution is -2.29. The predicted octanol–water partition coefficient (Wildman–Crippen LogP) is 1.83. The fourth-order valence-electron chi connectivity index (χ4n) is 2.29. The topological polar surface area (TPSA) is 49.2 Å². The lowest BCUT2D eigenvalue weighted by atomic mass is 9.98. The molecule has 4 heteroatoms. The maximum atomic E-state index is 10.1. The van der Waals surface area contributed by atoms with Crippen molar-refractivity contribution in [3.05, 3.63) is 17.3 Å². The highest BCUT2D eigenvalue weighted by Gasteiger charge is 2.26. The molecule has 1 aromatic heterocycles. The van der Waals surface area contributed by atoms with Gasteiger partial charge in [0.25, 0.3) is 0 Å². The van der Waals surface area contributed by atoms with Crippen LogP contribution in [0.25, 0.3) is 0 Å². The maximum Gasteiger partial charge on any atom is 0.154 e. The van der Waals surface area contributed by atoms with Gasteiger partial charge in [-0.15, -0.1) is 5.10 Å². The van der Waals surface area contributed by atoms with Crippen LogP contribution < -0.4 is 4.90 Å². The minimum Gasteiger partial charge on any atom is -0.390 e. The number of hydrogen-bond acceptors (Lipinski definition) is 4. The summed E-state index contributed by atoms with van der Waals surface area (Å²) >= 11 is 0. The van der Waals surface area contributed by atoms with E-state index in [2.05, 4.69) is 28.9 Å². The first-order valence-corrected chi connectivity index (χ1v) is 6.26. The van der Waals surface area contributed by atoms with Crippen molar-refractivity contribution >= 4 is 5.82 Å². The second-order valence-electron chi connectivity index (χ2n) is 5.31. The van der Waals surface area contributed by atoms with Gasteiger partial charge in [0.1, 0.15) is 0 Å². The van der Waals surface area contributed by atoms with Crippen LogP contribution in [0.3, 0.4) is 0 Å². The Labute approximate surface area is 103 Å². The lowest BCUT2D eigenvalue weighted by molar-refractivity contribution is 0.0481. The van der Waals surface area contributed by atoms with Gasteiger partial charge in [-0.2, -0.15) is 5.10 Å². The maximum absolute atomic E-state index is 10.1. The first-order chi connectivity index (χ1) is 7.99. The molecule has 17 heavy (non-hydrogen) atoms. The van der Waals surface area contributed by atoms with Gasteiger partial charge in [-0.25, -0.2) is 0 Å². The Morgan fingerprint density at radius 3 is 2.82 bits per heavy atom. The fraction of sp³-hybridized carbons (Fsp3) is 0.692. The fourth-order valence-corrected chi connectivity index (χ4v) is 2.29. The van der Waals surface area contributed by atoms with Crippen molar-refractivity contribution in [3.8, 4) is 0 Å². The molecule has 2 rings (SSSR count). The first-order valence-electron chi connectivity index (χ1n) is 6.26. The van der Waals surface area contributed by atoms with Crippen molar-refractivity contribution in [3.63, 3.8) is 0 Å². The summed E-state index contributed by atoms with van der Waals surface area (Å²) in [5, 5.41) is 18.4. The average molecular weight is 235 g/mol. The molecule has 1 aliphatic heterocycles. The molecule has 1 aromatic rings. The molecule has 0 bridgehead atoms. The molecule has 1 atom stereocenters. The third kappa shape index (κ3) is 2.75. The van der Waals surface area contributed by atoms with Gasteiger partial charge in [-0.1, -0.05) is 0 Å². The van der Waals surface area contributed by atoms with E-state index in [0.717, 1.165) is 38.2 Å². The molecule has 1 saturated heterocycles. The SMILES string of the molecule is Cc1cnnc(N2CCCC(C)(O)CC2)c1C. The van der Waals surface area contributed by atoms with Gasteiger partial charge in [0.15, 0.2) is 5.82 Å². The van der Waals surface area contributed by atoms with Crippen molar-refractivity contribution in [2.24, 2.45) is 0 Å². The Bertz CT molecular complexity index is 404. The van der Waals surface area contributed by atoms with E-state index in [0.29, 0.717) is 0 Å². The van der Waals surface area contributed by atoms with E-state index < -0.39 is 5.60 Å². The second kappa shape index (κ2) is 4.61. The van der Waals surface area contributed by atoms with E-state index in [9.17, 15) is 5.11 Å². The molecule has 94 valence electrons. The Kier molecular flexibility index (Phi) is 3.33. The normalized spacial score (nSPS) is 25.8. The number of anilines is 1. The summed E-state index contributed by atoms with van der Waals surface area (Å²) < 4.78 is 0. The Hall–Kier alpha value is -1.16. The second-order valence-corrected chi connectivity index (χ2v) is 5.31. The van der Waals surface area contributed by atoms with Gasteiger partial charge in [-0.05, 0) is 51.2 Å². The van der Waals surface area contributed by atoms with Gasteiger partial charge < -0.3 is 10.0 Å². The van der Waals surface area contributed by atoms with Crippen LogP contribution in [-0.4, -0.2) is 34.0 Å². The van der Waals surface area contributed by atoms with E-state index in [1.54, 1.807) is 6.20 Å². The largest absolute Gasteiger partial charge is 0.390 e. The number of aryl methyl sites for hydroxylation is 1. The van der Waals surface area contributed by atoms with Crippen molar-refractivity contribution < 1.29 is 5.11 Å². The number of hydrogen-bond donors (Lipinski definition) is 1. The molecule has 1 fully saturated rings. The lowest BCUT2D eigenvalue weighted by Gasteiger charge is -2.24. The molecule has 0 aromatic carbocycles. The zero-order chi connectivity index (χ0) is 12.5. The number of nitrogens with zero attached hydrogens (tertiary/aromatic N) is 3. The number of rotatable bonds is 1. The molecule has 0 saturated carbocycles. The molecule has 1 unspecified atom stereocenters.